The van der Waals surface area contributed by atoms with Gasteiger partial charge in [0.2, 0.25) is 5.91 Å². The third kappa shape index (κ3) is 4.49. The number of anilines is 2. The fourth-order valence-electron chi connectivity index (χ4n) is 3.53. The van der Waals surface area contributed by atoms with Crippen LogP contribution in [0.5, 0.6) is 5.75 Å². The second-order valence-electron chi connectivity index (χ2n) is 7.06. The first-order chi connectivity index (χ1) is 14.5. The summed E-state index contributed by atoms with van der Waals surface area (Å²) in [6.45, 7) is 2.16. The lowest BCUT2D eigenvalue weighted by Gasteiger charge is -2.38. The van der Waals surface area contributed by atoms with Gasteiger partial charge in [-0.25, -0.2) is 4.39 Å². The average Bonchev–Trinajstić information content (AvgIpc) is 2.75. The average molecular weight is 434 g/mol. The zero-order chi connectivity index (χ0) is 21.1. The molecule has 2 aromatic rings. The van der Waals surface area contributed by atoms with E-state index in [2.05, 4.69) is 5.32 Å². The van der Waals surface area contributed by atoms with Crippen molar-refractivity contribution < 1.29 is 23.5 Å². The minimum Gasteiger partial charge on any atom is -0.477 e. The number of ether oxygens (including phenoxy) is 2. The molecule has 1 saturated heterocycles. The van der Waals surface area contributed by atoms with Crippen molar-refractivity contribution in [3.63, 3.8) is 0 Å². The number of hydrogen-bond acceptors (Lipinski definition) is 5. The highest BCUT2D eigenvalue weighted by Crippen LogP contribution is 2.33. The summed E-state index contributed by atoms with van der Waals surface area (Å²) < 4.78 is 25.2. The molecule has 4 rings (SSSR count). The number of rotatable bonds is 4. The molecule has 9 heteroatoms. The smallest absolute Gasteiger partial charge is 0.265 e. The van der Waals surface area contributed by atoms with Crippen LogP contribution >= 0.6 is 11.6 Å². The second-order valence-corrected chi connectivity index (χ2v) is 7.50. The van der Waals surface area contributed by atoms with Crippen molar-refractivity contribution >= 4 is 34.8 Å². The molecule has 1 atom stereocenters. The van der Waals surface area contributed by atoms with Crippen molar-refractivity contribution in [2.24, 2.45) is 0 Å². The van der Waals surface area contributed by atoms with Crippen LogP contribution in [0.4, 0.5) is 15.8 Å². The van der Waals surface area contributed by atoms with Gasteiger partial charge in [0.15, 0.2) is 6.10 Å². The van der Waals surface area contributed by atoms with Crippen molar-refractivity contribution in [2.75, 3.05) is 49.6 Å². The van der Waals surface area contributed by atoms with Crippen LogP contribution < -0.4 is 15.0 Å². The molecule has 2 heterocycles. The number of benzene rings is 2. The van der Waals surface area contributed by atoms with E-state index in [4.69, 9.17) is 21.1 Å². The number of hydrogen-bond donors (Lipinski definition) is 1. The quantitative estimate of drug-likeness (QED) is 0.802. The van der Waals surface area contributed by atoms with Crippen LogP contribution in [0.2, 0.25) is 5.02 Å². The second kappa shape index (κ2) is 8.89. The number of fused-ring (bicyclic) bond motifs is 1. The first kappa shape index (κ1) is 20.4. The molecule has 0 aliphatic carbocycles. The summed E-state index contributed by atoms with van der Waals surface area (Å²) in [5, 5.41) is 2.80. The Morgan fingerprint density at radius 1 is 1.17 bits per heavy atom. The van der Waals surface area contributed by atoms with Crippen molar-refractivity contribution in [1.29, 1.82) is 0 Å². The van der Waals surface area contributed by atoms with Crippen molar-refractivity contribution in [3.8, 4) is 5.75 Å². The molecule has 0 radical (unpaired) electrons. The minimum absolute atomic E-state index is 0.0480. The molecule has 1 N–H and O–H groups in total. The van der Waals surface area contributed by atoms with Crippen LogP contribution in [0.15, 0.2) is 42.5 Å². The van der Waals surface area contributed by atoms with Crippen molar-refractivity contribution in [2.45, 2.75) is 6.10 Å². The highest BCUT2D eigenvalue weighted by Gasteiger charge is 2.34. The zero-order valence-electron chi connectivity index (χ0n) is 16.1. The van der Waals surface area contributed by atoms with Gasteiger partial charge in [0.05, 0.1) is 37.7 Å². The fraction of sp³-hybridized carbons (Fsp3) is 0.333. The molecule has 0 spiro atoms. The Morgan fingerprint density at radius 2 is 1.93 bits per heavy atom. The van der Waals surface area contributed by atoms with Gasteiger partial charge in [-0.2, -0.15) is 0 Å². The number of carbonyl (C=O) groups excluding carboxylic acids is 2. The topological polar surface area (TPSA) is 71.1 Å². The summed E-state index contributed by atoms with van der Waals surface area (Å²) in [7, 11) is 0. The van der Waals surface area contributed by atoms with Gasteiger partial charge in [0, 0.05) is 18.1 Å². The Balaban J connectivity index is 1.49. The molecule has 2 aromatic carbocycles. The van der Waals surface area contributed by atoms with E-state index in [1.807, 2.05) is 18.2 Å². The summed E-state index contributed by atoms with van der Waals surface area (Å²) in [6.07, 6.45) is -0.738. The molecule has 7 nitrogen and oxygen atoms in total. The lowest BCUT2D eigenvalue weighted by molar-refractivity contribution is -0.142. The largest absolute Gasteiger partial charge is 0.477 e. The number of halogens is 2. The Hall–Kier alpha value is -2.84. The van der Waals surface area contributed by atoms with Crippen LogP contribution in [0.3, 0.4) is 0 Å². The molecular formula is C21H21ClFN3O4. The highest BCUT2D eigenvalue weighted by molar-refractivity contribution is 6.30. The Kier molecular flexibility index (Phi) is 6.06. The van der Waals surface area contributed by atoms with E-state index in [-0.39, 0.29) is 29.7 Å². The molecular weight excluding hydrogens is 413 g/mol. The van der Waals surface area contributed by atoms with E-state index in [9.17, 15) is 14.0 Å². The number of carbonyl (C=O) groups is 2. The number of para-hydroxylation sites is 2. The van der Waals surface area contributed by atoms with Gasteiger partial charge in [-0.3, -0.25) is 9.59 Å². The van der Waals surface area contributed by atoms with Crippen LogP contribution in [0, 0.1) is 5.82 Å². The maximum Gasteiger partial charge on any atom is 0.265 e. The molecule has 0 aromatic heterocycles. The van der Waals surface area contributed by atoms with Gasteiger partial charge in [-0.05, 0) is 30.3 Å². The monoisotopic (exact) mass is 433 g/mol. The molecule has 30 heavy (non-hydrogen) atoms. The standard InChI is InChI=1S/C21H21ClFN3O4/c22-14-5-6-16(15(23)11-14)24-20(27)13-26-12-19(21(28)25-7-9-29-10-8-25)30-18-4-2-1-3-17(18)26/h1-6,11,19H,7-10,12-13H2,(H,24,27)/t19-/m0/s1. The van der Waals surface area contributed by atoms with Crippen LogP contribution in [-0.2, 0) is 14.3 Å². The van der Waals surface area contributed by atoms with Gasteiger partial charge in [0.1, 0.15) is 11.6 Å². The van der Waals surface area contributed by atoms with Gasteiger partial charge in [0.25, 0.3) is 5.91 Å². The first-order valence-electron chi connectivity index (χ1n) is 9.63. The van der Waals surface area contributed by atoms with Crippen molar-refractivity contribution in [1.82, 2.24) is 4.90 Å². The lowest BCUT2D eigenvalue weighted by Crippen LogP contribution is -2.53. The molecule has 0 bridgehead atoms. The molecule has 0 saturated carbocycles. The minimum atomic E-state index is -0.738. The van der Waals surface area contributed by atoms with Gasteiger partial charge < -0.3 is 24.6 Å². The lowest BCUT2D eigenvalue weighted by atomic mass is 10.1. The van der Waals surface area contributed by atoms with E-state index >= 15 is 0 Å². The van der Waals surface area contributed by atoms with Crippen LogP contribution in [-0.4, -0.2) is 62.2 Å². The molecule has 2 aliphatic heterocycles. The predicted octanol–water partition coefficient (Wildman–Crippen LogP) is 2.54. The summed E-state index contributed by atoms with van der Waals surface area (Å²) in [4.78, 5) is 29.0. The Bertz CT molecular complexity index is 952. The summed E-state index contributed by atoms with van der Waals surface area (Å²) in [5.74, 6) is -0.633. The number of nitrogens with zero attached hydrogens (tertiary/aromatic N) is 2. The van der Waals surface area contributed by atoms with Gasteiger partial charge in [-0.1, -0.05) is 23.7 Å². The number of morpholine rings is 1. The molecule has 0 unspecified atom stereocenters. The van der Waals surface area contributed by atoms with Gasteiger partial charge >= 0.3 is 0 Å². The van der Waals surface area contributed by atoms with Crippen molar-refractivity contribution in [3.05, 3.63) is 53.3 Å². The normalized spacial score (nSPS) is 18.4. The molecule has 1 fully saturated rings. The van der Waals surface area contributed by atoms with Gasteiger partial charge in [-0.15, -0.1) is 0 Å². The number of nitrogens with one attached hydrogen (secondary N) is 1. The van der Waals surface area contributed by atoms with E-state index < -0.39 is 17.8 Å². The Morgan fingerprint density at radius 3 is 2.70 bits per heavy atom. The SMILES string of the molecule is O=C(CN1C[C@@H](C(=O)N2CCOCC2)Oc2ccccc21)Nc1ccc(Cl)cc1F. The van der Waals surface area contributed by atoms with Crippen LogP contribution in [0.1, 0.15) is 0 Å². The highest BCUT2D eigenvalue weighted by atomic mass is 35.5. The van der Waals surface area contributed by atoms with E-state index in [1.165, 1.54) is 12.1 Å². The zero-order valence-corrected chi connectivity index (χ0v) is 16.9. The van der Waals surface area contributed by atoms with E-state index in [1.54, 1.807) is 15.9 Å². The third-order valence-corrected chi connectivity index (χ3v) is 5.23. The Labute approximate surface area is 178 Å². The summed E-state index contributed by atoms with van der Waals surface area (Å²) in [5.41, 5.74) is 0.752. The predicted molar refractivity (Wildman–Crippen MR) is 111 cm³/mol. The van der Waals surface area contributed by atoms with E-state index in [0.29, 0.717) is 37.7 Å². The van der Waals surface area contributed by atoms with Crippen LogP contribution in [0.25, 0.3) is 0 Å². The third-order valence-electron chi connectivity index (χ3n) is 5.00. The molecule has 2 aliphatic rings. The van der Waals surface area contributed by atoms with E-state index in [0.717, 1.165) is 6.07 Å². The summed E-state index contributed by atoms with van der Waals surface area (Å²) >= 11 is 5.76. The number of amides is 2. The maximum atomic E-state index is 14.0. The molecule has 158 valence electrons. The fourth-order valence-corrected chi connectivity index (χ4v) is 3.69. The summed E-state index contributed by atoms with van der Waals surface area (Å²) in [6, 6.07) is 11.3. The molecule has 2 amide bonds. The maximum absolute atomic E-state index is 14.0. The first-order valence-corrected chi connectivity index (χ1v) is 10.0.